The molecule has 0 fully saturated rings. The highest BCUT2D eigenvalue weighted by molar-refractivity contribution is 6.04. The fourth-order valence-electron chi connectivity index (χ4n) is 2.78. The molecular formula is C21H26N2O3. The van der Waals surface area contributed by atoms with Gasteiger partial charge >= 0.3 is 0 Å². The van der Waals surface area contributed by atoms with Crippen molar-refractivity contribution < 1.29 is 15.0 Å². The monoisotopic (exact) mass is 354 g/mol. The van der Waals surface area contributed by atoms with Crippen LogP contribution in [0.25, 0.3) is 0 Å². The van der Waals surface area contributed by atoms with E-state index in [-0.39, 0.29) is 23.8 Å². The summed E-state index contributed by atoms with van der Waals surface area (Å²) in [7, 11) is 0. The number of aromatic hydroxyl groups is 2. The molecule has 0 atom stereocenters. The SMILES string of the molecule is CCC(=NCC(=O)CN(CC)c1ccccc1)c1ccc(O)c(C)c1O. The lowest BCUT2D eigenvalue weighted by Crippen LogP contribution is -2.30. The van der Waals surface area contributed by atoms with Crippen LogP contribution in [-0.2, 0) is 4.79 Å². The van der Waals surface area contributed by atoms with Crippen molar-refractivity contribution in [1.82, 2.24) is 0 Å². The van der Waals surface area contributed by atoms with Crippen LogP contribution in [0.3, 0.4) is 0 Å². The van der Waals surface area contributed by atoms with Gasteiger partial charge in [-0.2, -0.15) is 0 Å². The molecule has 2 aromatic rings. The van der Waals surface area contributed by atoms with Gasteiger partial charge in [-0.3, -0.25) is 9.79 Å². The second-order valence-corrected chi connectivity index (χ2v) is 6.11. The zero-order chi connectivity index (χ0) is 19.1. The van der Waals surface area contributed by atoms with Gasteiger partial charge in [0.2, 0.25) is 0 Å². The zero-order valence-electron chi connectivity index (χ0n) is 15.6. The second kappa shape index (κ2) is 9.04. The molecule has 0 bridgehead atoms. The molecule has 26 heavy (non-hydrogen) atoms. The number of nitrogens with zero attached hydrogens (tertiary/aromatic N) is 2. The number of aliphatic imine (C=N–C) groups is 1. The minimum Gasteiger partial charge on any atom is -0.508 e. The third-order valence-corrected chi connectivity index (χ3v) is 4.36. The Morgan fingerprint density at radius 3 is 2.38 bits per heavy atom. The van der Waals surface area contributed by atoms with Crippen LogP contribution in [0.5, 0.6) is 11.5 Å². The summed E-state index contributed by atoms with van der Waals surface area (Å²) >= 11 is 0. The third kappa shape index (κ3) is 4.63. The average Bonchev–Trinajstić information content (AvgIpc) is 2.66. The van der Waals surface area contributed by atoms with Crippen molar-refractivity contribution in [3.8, 4) is 11.5 Å². The summed E-state index contributed by atoms with van der Waals surface area (Å²) in [6.45, 7) is 6.67. The fourth-order valence-corrected chi connectivity index (χ4v) is 2.78. The molecule has 0 saturated heterocycles. The maximum Gasteiger partial charge on any atom is 0.173 e. The molecule has 0 aliphatic carbocycles. The number of anilines is 1. The Hall–Kier alpha value is -2.82. The molecular weight excluding hydrogens is 328 g/mol. The summed E-state index contributed by atoms with van der Waals surface area (Å²) in [5.74, 6) is 0.0633. The van der Waals surface area contributed by atoms with Crippen molar-refractivity contribution in [3.05, 3.63) is 53.6 Å². The molecule has 0 spiro atoms. The van der Waals surface area contributed by atoms with Crippen LogP contribution >= 0.6 is 0 Å². The van der Waals surface area contributed by atoms with Crippen LogP contribution in [0.4, 0.5) is 5.69 Å². The van der Waals surface area contributed by atoms with Crippen LogP contribution in [0, 0.1) is 6.92 Å². The van der Waals surface area contributed by atoms with Crippen LogP contribution in [-0.4, -0.2) is 41.3 Å². The Bertz CT molecular complexity index is 785. The smallest absolute Gasteiger partial charge is 0.173 e. The normalized spacial score (nSPS) is 11.4. The number of likely N-dealkylation sites (N-methyl/N-ethyl adjacent to an activating group) is 1. The van der Waals surface area contributed by atoms with E-state index in [0.717, 1.165) is 12.2 Å². The van der Waals surface area contributed by atoms with E-state index >= 15 is 0 Å². The average molecular weight is 354 g/mol. The number of carbonyl (C=O) groups excluding carboxylic acids is 1. The summed E-state index contributed by atoms with van der Waals surface area (Å²) in [6, 6.07) is 13.0. The highest BCUT2D eigenvalue weighted by Crippen LogP contribution is 2.30. The summed E-state index contributed by atoms with van der Waals surface area (Å²) in [6.07, 6.45) is 0.585. The molecule has 2 rings (SSSR count). The number of benzene rings is 2. The first-order valence-electron chi connectivity index (χ1n) is 8.84. The number of ketones is 1. The molecule has 0 aliphatic rings. The van der Waals surface area contributed by atoms with Crippen molar-refractivity contribution in [3.63, 3.8) is 0 Å². The van der Waals surface area contributed by atoms with Gasteiger partial charge in [0.15, 0.2) is 5.78 Å². The van der Waals surface area contributed by atoms with Crippen molar-refractivity contribution >= 4 is 17.2 Å². The largest absolute Gasteiger partial charge is 0.508 e. The van der Waals surface area contributed by atoms with Crippen molar-refractivity contribution in [2.75, 3.05) is 24.5 Å². The summed E-state index contributed by atoms with van der Waals surface area (Å²) in [5, 5.41) is 19.9. The molecule has 0 amide bonds. The number of para-hydroxylation sites is 1. The molecule has 5 nitrogen and oxygen atoms in total. The maximum atomic E-state index is 12.4. The van der Waals surface area contributed by atoms with Crippen LogP contribution in [0.15, 0.2) is 47.5 Å². The summed E-state index contributed by atoms with van der Waals surface area (Å²) < 4.78 is 0. The summed E-state index contributed by atoms with van der Waals surface area (Å²) in [5.41, 5.74) is 2.64. The lowest BCUT2D eigenvalue weighted by Gasteiger charge is -2.21. The molecule has 0 saturated carbocycles. The van der Waals surface area contributed by atoms with Crippen molar-refractivity contribution in [2.24, 2.45) is 4.99 Å². The van der Waals surface area contributed by atoms with Gasteiger partial charge in [-0.15, -0.1) is 0 Å². The van der Waals surface area contributed by atoms with Crippen LogP contribution in [0.1, 0.15) is 31.4 Å². The van der Waals surface area contributed by atoms with E-state index in [1.165, 1.54) is 6.07 Å². The lowest BCUT2D eigenvalue weighted by molar-refractivity contribution is -0.116. The zero-order valence-corrected chi connectivity index (χ0v) is 15.6. The van der Waals surface area contributed by atoms with E-state index in [1.54, 1.807) is 13.0 Å². The van der Waals surface area contributed by atoms with Gasteiger partial charge in [-0.05, 0) is 44.5 Å². The molecule has 0 radical (unpaired) electrons. The number of Topliss-reactive ketones (excluding diaryl/α,β-unsaturated/α-hetero) is 1. The van der Waals surface area contributed by atoms with E-state index in [1.807, 2.05) is 49.1 Å². The van der Waals surface area contributed by atoms with Gasteiger partial charge in [0.25, 0.3) is 0 Å². The van der Waals surface area contributed by atoms with Crippen LogP contribution < -0.4 is 4.90 Å². The molecule has 2 N–H and O–H groups in total. The molecule has 0 aliphatic heterocycles. The Kier molecular flexibility index (Phi) is 6.78. The Morgan fingerprint density at radius 2 is 1.77 bits per heavy atom. The first-order chi connectivity index (χ1) is 12.5. The Labute approximate surface area is 154 Å². The van der Waals surface area contributed by atoms with Crippen molar-refractivity contribution in [1.29, 1.82) is 0 Å². The lowest BCUT2D eigenvalue weighted by atomic mass is 10.0. The highest BCUT2D eigenvalue weighted by atomic mass is 16.3. The number of phenolic OH excluding ortho intramolecular Hbond substituents is 2. The van der Waals surface area contributed by atoms with Gasteiger partial charge < -0.3 is 15.1 Å². The van der Waals surface area contributed by atoms with Crippen molar-refractivity contribution in [2.45, 2.75) is 27.2 Å². The van der Waals surface area contributed by atoms with E-state index < -0.39 is 0 Å². The minimum atomic E-state index is 0.0108. The Balaban J connectivity index is 2.11. The van der Waals surface area contributed by atoms with E-state index in [4.69, 9.17) is 0 Å². The fraction of sp³-hybridized carbons (Fsp3) is 0.333. The number of phenols is 2. The molecule has 2 aromatic carbocycles. The first-order valence-corrected chi connectivity index (χ1v) is 8.84. The number of carbonyl (C=O) groups is 1. The summed E-state index contributed by atoms with van der Waals surface area (Å²) in [4.78, 5) is 18.8. The van der Waals surface area contributed by atoms with Gasteiger partial charge in [0.1, 0.15) is 11.5 Å². The maximum absolute atomic E-state index is 12.4. The van der Waals surface area contributed by atoms with Gasteiger partial charge in [-0.25, -0.2) is 0 Å². The van der Waals surface area contributed by atoms with E-state index in [0.29, 0.717) is 29.8 Å². The van der Waals surface area contributed by atoms with Gasteiger partial charge in [0.05, 0.1) is 13.1 Å². The number of hydrogen-bond acceptors (Lipinski definition) is 5. The van der Waals surface area contributed by atoms with Gasteiger partial charge in [0, 0.05) is 29.1 Å². The minimum absolute atomic E-state index is 0.0108. The van der Waals surface area contributed by atoms with E-state index in [2.05, 4.69) is 4.99 Å². The standard InChI is InChI=1S/C21H26N2O3/c1-4-19(18-11-12-20(25)15(3)21(18)26)22-13-17(24)14-23(5-2)16-9-7-6-8-10-16/h6-12,25-26H,4-5,13-14H2,1-3H3. The molecule has 138 valence electrons. The molecule has 0 aromatic heterocycles. The van der Waals surface area contributed by atoms with Crippen LogP contribution in [0.2, 0.25) is 0 Å². The second-order valence-electron chi connectivity index (χ2n) is 6.11. The number of hydrogen-bond donors (Lipinski definition) is 2. The van der Waals surface area contributed by atoms with Gasteiger partial charge in [-0.1, -0.05) is 25.1 Å². The predicted octanol–water partition coefficient (Wildman–Crippen LogP) is 3.70. The number of rotatable bonds is 8. The molecule has 5 heteroatoms. The third-order valence-electron chi connectivity index (χ3n) is 4.36. The first kappa shape index (κ1) is 19.5. The quantitative estimate of drug-likeness (QED) is 0.709. The topological polar surface area (TPSA) is 73.1 Å². The predicted molar refractivity (Wildman–Crippen MR) is 106 cm³/mol. The Morgan fingerprint density at radius 1 is 1.08 bits per heavy atom. The highest BCUT2D eigenvalue weighted by Gasteiger charge is 2.14. The molecule has 0 heterocycles. The molecule has 0 unspecified atom stereocenters. The van der Waals surface area contributed by atoms with E-state index in [9.17, 15) is 15.0 Å².